The summed E-state index contributed by atoms with van der Waals surface area (Å²) in [6.07, 6.45) is 8.69. The number of nitrogens with one attached hydrogen (secondary N) is 1. The van der Waals surface area contributed by atoms with E-state index in [0.29, 0.717) is 6.04 Å². The monoisotopic (exact) mass is 423 g/mol. The zero-order valence-corrected chi connectivity index (χ0v) is 19.5. The Morgan fingerprint density at radius 1 is 1.10 bits per heavy atom. The van der Waals surface area contributed by atoms with Crippen molar-refractivity contribution in [1.82, 2.24) is 25.0 Å². The number of pyridine rings is 1. The van der Waals surface area contributed by atoms with Crippen LogP contribution in [0.15, 0.2) is 40.1 Å². The summed E-state index contributed by atoms with van der Waals surface area (Å²) in [5.74, 6) is 2.72. The van der Waals surface area contributed by atoms with E-state index >= 15 is 0 Å². The topological polar surface area (TPSA) is 59.4 Å². The smallest absolute Gasteiger partial charge is 0.204 e. The van der Waals surface area contributed by atoms with Crippen LogP contribution < -0.4 is 5.32 Å². The van der Waals surface area contributed by atoms with Crippen LogP contribution in [-0.2, 0) is 0 Å². The van der Waals surface area contributed by atoms with Crippen molar-refractivity contribution in [3.8, 4) is 0 Å². The van der Waals surface area contributed by atoms with Gasteiger partial charge in [-0.3, -0.25) is 4.90 Å². The van der Waals surface area contributed by atoms with Crippen molar-refractivity contribution < 1.29 is 0 Å². The first-order valence-corrected chi connectivity index (χ1v) is 11.8. The predicted molar refractivity (Wildman–Crippen MR) is 128 cm³/mol. The average molecular weight is 424 g/mol. The SMILES string of the molecule is CCC1=CC(CC)C(=Nc2ccc(C3CCCN3C)cn2)N=C(N2CCN(C)CC2)N1. The van der Waals surface area contributed by atoms with E-state index in [-0.39, 0.29) is 5.92 Å². The van der Waals surface area contributed by atoms with Gasteiger partial charge in [0.25, 0.3) is 0 Å². The van der Waals surface area contributed by atoms with Gasteiger partial charge in [-0.2, -0.15) is 4.99 Å². The van der Waals surface area contributed by atoms with Gasteiger partial charge in [-0.1, -0.05) is 26.0 Å². The first-order chi connectivity index (χ1) is 15.1. The van der Waals surface area contributed by atoms with Gasteiger partial charge in [0.05, 0.1) is 0 Å². The minimum atomic E-state index is 0.190. The minimum absolute atomic E-state index is 0.190. The molecule has 0 bridgehead atoms. The van der Waals surface area contributed by atoms with Gasteiger partial charge in [0.1, 0.15) is 5.84 Å². The first kappa shape index (κ1) is 22.0. The summed E-state index contributed by atoms with van der Waals surface area (Å²) < 4.78 is 0. The molecule has 1 aromatic rings. The Hall–Kier alpha value is -2.25. The van der Waals surface area contributed by atoms with E-state index in [2.05, 4.69) is 66.2 Å². The molecule has 1 aromatic heterocycles. The Balaban J connectivity index is 1.62. The number of guanidine groups is 1. The van der Waals surface area contributed by atoms with Gasteiger partial charge in [0.15, 0.2) is 5.82 Å². The first-order valence-electron chi connectivity index (χ1n) is 11.8. The van der Waals surface area contributed by atoms with Crippen molar-refractivity contribution in [2.75, 3.05) is 46.8 Å². The Labute approximate surface area is 186 Å². The summed E-state index contributed by atoms with van der Waals surface area (Å²) >= 11 is 0. The zero-order chi connectivity index (χ0) is 21.8. The molecule has 2 saturated heterocycles. The molecule has 0 spiro atoms. The maximum Gasteiger partial charge on any atom is 0.204 e. The van der Waals surface area contributed by atoms with Crippen LogP contribution in [0.25, 0.3) is 0 Å². The molecule has 7 heteroatoms. The molecule has 2 unspecified atom stereocenters. The fourth-order valence-electron chi connectivity index (χ4n) is 4.61. The average Bonchev–Trinajstić information content (AvgIpc) is 3.13. The lowest BCUT2D eigenvalue weighted by atomic mass is 10.0. The molecule has 7 nitrogen and oxygen atoms in total. The number of aliphatic imine (C=N–C) groups is 2. The summed E-state index contributed by atoms with van der Waals surface area (Å²) in [6, 6.07) is 4.72. The molecule has 168 valence electrons. The van der Waals surface area contributed by atoms with Crippen LogP contribution in [0.2, 0.25) is 0 Å². The molecule has 0 aliphatic carbocycles. The Morgan fingerprint density at radius 2 is 1.90 bits per heavy atom. The summed E-state index contributed by atoms with van der Waals surface area (Å²) in [7, 11) is 4.37. The number of aromatic nitrogens is 1. The lowest BCUT2D eigenvalue weighted by molar-refractivity contribution is 0.212. The fourth-order valence-corrected chi connectivity index (χ4v) is 4.61. The van der Waals surface area contributed by atoms with Crippen molar-refractivity contribution in [3.63, 3.8) is 0 Å². The largest absolute Gasteiger partial charge is 0.340 e. The molecule has 0 aromatic carbocycles. The van der Waals surface area contributed by atoms with Crippen molar-refractivity contribution in [1.29, 1.82) is 0 Å². The maximum absolute atomic E-state index is 5.04. The van der Waals surface area contributed by atoms with E-state index in [1.807, 2.05) is 6.20 Å². The minimum Gasteiger partial charge on any atom is -0.340 e. The van der Waals surface area contributed by atoms with Gasteiger partial charge in [-0.05, 0) is 58.0 Å². The molecule has 4 rings (SSSR count). The van der Waals surface area contributed by atoms with Crippen molar-refractivity contribution in [3.05, 3.63) is 35.7 Å². The standard InChI is InChI=1S/C24H37N7/c1-5-18-16-20(6-2)26-24(31-14-12-29(3)13-15-31)28-23(18)27-22-10-9-19(17-25-22)21-8-7-11-30(21)4/h9-10,16-18,21H,5-8,11-15H2,1-4H3,(H,25,26,27,28). The molecule has 3 aliphatic rings. The number of hydrogen-bond acceptors (Lipinski definition) is 6. The van der Waals surface area contributed by atoms with Crippen LogP contribution in [0, 0.1) is 5.92 Å². The number of piperazine rings is 1. The third-order valence-corrected chi connectivity index (χ3v) is 6.76. The Kier molecular flexibility index (Phi) is 7.02. The van der Waals surface area contributed by atoms with E-state index in [9.17, 15) is 0 Å². The highest BCUT2D eigenvalue weighted by Crippen LogP contribution is 2.30. The molecule has 0 radical (unpaired) electrons. The Bertz CT molecular complexity index is 834. The highest BCUT2D eigenvalue weighted by molar-refractivity contribution is 6.00. The third-order valence-electron chi connectivity index (χ3n) is 6.76. The van der Waals surface area contributed by atoms with Crippen LogP contribution in [0.1, 0.15) is 51.1 Å². The molecule has 0 saturated carbocycles. The normalized spacial score (nSPS) is 27.1. The van der Waals surface area contributed by atoms with Crippen LogP contribution in [0.4, 0.5) is 5.82 Å². The van der Waals surface area contributed by atoms with Gasteiger partial charge in [0.2, 0.25) is 5.96 Å². The molecule has 31 heavy (non-hydrogen) atoms. The number of likely N-dealkylation sites (N-methyl/N-ethyl adjacent to an activating group) is 1. The second kappa shape index (κ2) is 9.92. The van der Waals surface area contributed by atoms with Crippen LogP contribution >= 0.6 is 0 Å². The maximum atomic E-state index is 5.04. The van der Waals surface area contributed by atoms with Crippen molar-refractivity contribution in [2.45, 2.75) is 45.6 Å². The molecule has 4 heterocycles. The summed E-state index contributed by atoms with van der Waals surface area (Å²) in [4.78, 5) is 21.8. The highest BCUT2D eigenvalue weighted by Gasteiger charge is 2.25. The predicted octanol–water partition coefficient (Wildman–Crippen LogP) is 3.41. The lowest BCUT2D eigenvalue weighted by Crippen LogP contribution is -2.51. The van der Waals surface area contributed by atoms with Crippen molar-refractivity contribution >= 4 is 17.6 Å². The molecular formula is C24H37N7. The summed E-state index contributed by atoms with van der Waals surface area (Å²) in [5, 5.41) is 3.59. The highest BCUT2D eigenvalue weighted by atomic mass is 15.4. The van der Waals surface area contributed by atoms with Gasteiger partial charge in [0, 0.05) is 50.0 Å². The number of likely N-dealkylation sites (tertiary alicyclic amines) is 1. The second-order valence-corrected chi connectivity index (χ2v) is 8.97. The molecule has 0 amide bonds. The zero-order valence-electron chi connectivity index (χ0n) is 19.5. The number of amidine groups is 1. The third kappa shape index (κ3) is 5.15. The van der Waals surface area contributed by atoms with E-state index in [1.165, 1.54) is 24.1 Å². The summed E-state index contributed by atoms with van der Waals surface area (Å²) in [5.41, 5.74) is 2.51. The van der Waals surface area contributed by atoms with Crippen LogP contribution in [-0.4, -0.2) is 78.3 Å². The fraction of sp³-hybridized carbons (Fsp3) is 0.625. The molecule has 3 aliphatic heterocycles. The van der Waals surface area contributed by atoms with E-state index in [0.717, 1.165) is 63.2 Å². The molecular weight excluding hydrogens is 386 g/mol. The van der Waals surface area contributed by atoms with E-state index in [1.54, 1.807) is 0 Å². The molecule has 1 N–H and O–H groups in total. The Morgan fingerprint density at radius 3 is 2.52 bits per heavy atom. The van der Waals surface area contributed by atoms with Gasteiger partial charge in [-0.25, -0.2) is 9.98 Å². The van der Waals surface area contributed by atoms with Crippen LogP contribution in [0.3, 0.4) is 0 Å². The van der Waals surface area contributed by atoms with E-state index < -0.39 is 0 Å². The van der Waals surface area contributed by atoms with Crippen LogP contribution in [0.5, 0.6) is 0 Å². The number of hydrogen-bond donors (Lipinski definition) is 1. The number of nitrogens with zero attached hydrogens (tertiary/aromatic N) is 6. The van der Waals surface area contributed by atoms with E-state index in [4.69, 9.17) is 15.0 Å². The molecule has 2 fully saturated rings. The lowest BCUT2D eigenvalue weighted by Gasteiger charge is -2.34. The van der Waals surface area contributed by atoms with Crippen molar-refractivity contribution in [2.24, 2.45) is 15.9 Å². The summed E-state index contributed by atoms with van der Waals surface area (Å²) in [6.45, 7) is 9.61. The number of rotatable bonds is 4. The quantitative estimate of drug-likeness (QED) is 0.804. The van der Waals surface area contributed by atoms with Gasteiger partial charge < -0.3 is 15.1 Å². The number of allylic oxidation sites excluding steroid dienone is 1. The second-order valence-electron chi connectivity index (χ2n) is 8.97. The van der Waals surface area contributed by atoms with Gasteiger partial charge in [-0.15, -0.1) is 0 Å². The molecule has 2 atom stereocenters. The van der Waals surface area contributed by atoms with Gasteiger partial charge >= 0.3 is 0 Å².